The standard InChI is InChI=1S/C12H17Cl2NO/c1-3-15-12(2,8-16)7-9-4-5-10(13)11(14)6-9/h4-6,15-16H,3,7-8H2,1-2H3. The number of benzene rings is 1. The summed E-state index contributed by atoms with van der Waals surface area (Å²) in [5, 5.41) is 13.8. The molecule has 0 aliphatic rings. The highest BCUT2D eigenvalue weighted by Crippen LogP contribution is 2.24. The van der Waals surface area contributed by atoms with Crippen LogP contribution < -0.4 is 5.32 Å². The first-order valence-corrected chi connectivity index (χ1v) is 6.06. The van der Waals surface area contributed by atoms with E-state index >= 15 is 0 Å². The fraction of sp³-hybridized carbons (Fsp3) is 0.500. The van der Waals surface area contributed by atoms with E-state index in [1.54, 1.807) is 6.07 Å². The fourth-order valence-electron chi connectivity index (χ4n) is 1.70. The second-order valence-electron chi connectivity index (χ2n) is 4.17. The molecule has 0 heterocycles. The van der Waals surface area contributed by atoms with E-state index in [-0.39, 0.29) is 12.1 Å². The summed E-state index contributed by atoms with van der Waals surface area (Å²) in [6.07, 6.45) is 0.716. The summed E-state index contributed by atoms with van der Waals surface area (Å²) in [6.45, 7) is 4.90. The average molecular weight is 262 g/mol. The number of hydrogen-bond donors (Lipinski definition) is 2. The molecule has 2 nitrogen and oxygen atoms in total. The highest BCUT2D eigenvalue weighted by atomic mass is 35.5. The lowest BCUT2D eigenvalue weighted by Crippen LogP contribution is -2.47. The predicted octanol–water partition coefficient (Wildman–Crippen LogP) is 2.90. The van der Waals surface area contributed by atoms with E-state index in [1.165, 1.54) is 0 Å². The van der Waals surface area contributed by atoms with Gasteiger partial charge in [0.2, 0.25) is 0 Å². The minimum absolute atomic E-state index is 0.0844. The number of aliphatic hydroxyl groups excluding tert-OH is 1. The van der Waals surface area contributed by atoms with Crippen LogP contribution in [0, 0.1) is 0 Å². The van der Waals surface area contributed by atoms with Crippen molar-refractivity contribution in [2.75, 3.05) is 13.2 Å². The first kappa shape index (κ1) is 13.8. The molecule has 90 valence electrons. The maximum Gasteiger partial charge on any atom is 0.0613 e. The molecule has 1 rings (SSSR count). The summed E-state index contributed by atoms with van der Waals surface area (Å²) >= 11 is 11.8. The molecule has 1 aromatic carbocycles. The molecule has 0 radical (unpaired) electrons. The third kappa shape index (κ3) is 3.63. The number of rotatable bonds is 5. The molecule has 1 aromatic rings. The number of nitrogens with one attached hydrogen (secondary N) is 1. The van der Waals surface area contributed by atoms with Gasteiger partial charge in [0, 0.05) is 5.54 Å². The third-order valence-electron chi connectivity index (χ3n) is 2.53. The maximum absolute atomic E-state index is 9.38. The van der Waals surface area contributed by atoms with E-state index in [1.807, 2.05) is 26.0 Å². The molecule has 0 amide bonds. The van der Waals surface area contributed by atoms with Gasteiger partial charge in [-0.05, 0) is 37.6 Å². The van der Waals surface area contributed by atoms with Crippen molar-refractivity contribution in [2.24, 2.45) is 0 Å². The second kappa shape index (κ2) is 5.87. The normalized spacial score (nSPS) is 14.8. The number of likely N-dealkylation sites (N-methyl/N-ethyl adjacent to an activating group) is 1. The lowest BCUT2D eigenvalue weighted by molar-refractivity contribution is 0.176. The zero-order chi connectivity index (χ0) is 12.2. The van der Waals surface area contributed by atoms with Crippen molar-refractivity contribution in [3.63, 3.8) is 0 Å². The van der Waals surface area contributed by atoms with Gasteiger partial charge in [0.1, 0.15) is 0 Å². The molecule has 0 aliphatic heterocycles. The van der Waals surface area contributed by atoms with Crippen molar-refractivity contribution in [1.29, 1.82) is 0 Å². The first-order valence-electron chi connectivity index (χ1n) is 5.30. The van der Waals surface area contributed by atoms with Gasteiger partial charge in [0.05, 0.1) is 16.7 Å². The van der Waals surface area contributed by atoms with Crippen LogP contribution in [0.2, 0.25) is 10.0 Å². The summed E-state index contributed by atoms with van der Waals surface area (Å²) < 4.78 is 0. The molecule has 1 atom stereocenters. The lowest BCUT2D eigenvalue weighted by atomic mass is 9.93. The molecule has 0 bridgehead atoms. The van der Waals surface area contributed by atoms with Crippen LogP contribution in [-0.2, 0) is 6.42 Å². The quantitative estimate of drug-likeness (QED) is 0.855. The molecular formula is C12H17Cl2NO. The second-order valence-corrected chi connectivity index (χ2v) is 4.99. The molecule has 0 saturated carbocycles. The largest absolute Gasteiger partial charge is 0.394 e. The molecule has 0 spiro atoms. The minimum atomic E-state index is -0.314. The van der Waals surface area contributed by atoms with Gasteiger partial charge in [-0.15, -0.1) is 0 Å². The van der Waals surface area contributed by atoms with E-state index < -0.39 is 0 Å². The summed E-state index contributed by atoms with van der Waals surface area (Å²) in [7, 11) is 0. The van der Waals surface area contributed by atoms with E-state index in [9.17, 15) is 5.11 Å². The molecular weight excluding hydrogens is 245 g/mol. The summed E-state index contributed by atoms with van der Waals surface area (Å²) in [6, 6.07) is 5.55. The Bertz CT molecular complexity index is 357. The summed E-state index contributed by atoms with van der Waals surface area (Å²) in [4.78, 5) is 0. The van der Waals surface area contributed by atoms with Crippen molar-refractivity contribution in [1.82, 2.24) is 5.32 Å². The van der Waals surface area contributed by atoms with Crippen LogP contribution in [0.5, 0.6) is 0 Å². The van der Waals surface area contributed by atoms with Crippen molar-refractivity contribution >= 4 is 23.2 Å². The minimum Gasteiger partial charge on any atom is -0.394 e. The Balaban J connectivity index is 2.81. The van der Waals surface area contributed by atoms with Crippen LogP contribution >= 0.6 is 23.2 Å². The molecule has 0 saturated heterocycles. The Morgan fingerprint density at radius 3 is 2.50 bits per heavy atom. The van der Waals surface area contributed by atoms with Crippen molar-refractivity contribution in [2.45, 2.75) is 25.8 Å². The van der Waals surface area contributed by atoms with Gasteiger partial charge >= 0.3 is 0 Å². The van der Waals surface area contributed by atoms with Crippen molar-refractivity contribution < 1.29 is 5.11 Å². The van der Waals surface area contributed by atoms with Crippen LogP contribution in [0.25, 0.3) is 0 Å². The molecule has 0 fully saturated rings. The van der Waals surface area contributed by atoms with E-state index in [2.05, 4.69) is 5.32 Å². The first-order chi connectivity index (χ1) is 7.50. The Kier molecular flexibility index (Phi) is 5.06. The number of halogens is 2. The molecule has 2 N–H and O–H groups in total. The van der Waals surface area contributed by atoms with Gasteiger partial charge in [0.25, 0.3) is 0 Å². The Morgan fingerprint density at radius 1 is 1.31 bits per heavy atom. The van der Waals surface area contributed by atoms with Crippen LogP contribution in [-0.4, -0.2) is 23.8 Å². The number of hydrogen-bond acceptors (Lipinski definition) is 2. The highest BCUT2D eigenvalue weighted by Gasteiger charge is 2.22. The van der Waals surface area contributed by atoms with Gasteiger partial charge in [-0.3, -0.25) is 0 Å². The van der Waals surface area contributed by atoms with Gasteiger partial charge < -0.3 is 10.4 Å². The Labute approximate surface area is 107 Å². The Morgan fingerprint density at radius 2 is 2.00 bits per heavy atom. The van der Waals surface area contributed by atoms with Crippen LogP contribution in [0.15, 0.2) is 18.2 Å². The van der Waals surface area contributed by atoms with Crippen LogP contribution in [0.4, 0.5) is 0 Å². The predicted molar refractivity (Wildman–Crippen MR) is 69.3 cm³/mol. The zero-order valence-corrected chi connectivity index (χ0v) is 11.1. The zero-order valence-electron chi connectivity index (χ0n) is 9.56. The monoisotopic (exact) mass is 261 g/mol. The van der Waals surface area contributed by atoms with Crippen molar-refractivity contribution in [3.8, 4) is 0 Å². The fourth-order valence-corrected chi connectivity index (χ4v) is 2.02. The lowest BCUT2D eigenvalue weighted by Gasteiger charge is -2.28. The topological polar surface area (TPSA) is 32.3 Å². The smallest absolute Gasteiger partial charge is 0.0613 e. The molecule has 16 heavy (non-hydrogen) atoms. The van der Waals surface area contributed by atoms with E-state index in [0.29, 0.717) is 16.5 Å². The molecule has 0 aliphatic carbocycles. The Hall–Kier alpha value is -0.280. The number of aliphatic hydroxyl groups is 1. The summed E-state index contributed by atoms with van der Waals surface area (Å²) in [5.74, 6) is 0. The van der Waals surface area contributed by atoms with Gasteiger partial charge in [-0.2, -0.15) is 0 Å². The van der Waals surface area contributed by atoms with Crippen LogP contribution in [0.1, 0.15) is 19.4 Å². The van der Waals surface area contributed by atoms with Gasteiger partial charge in [-0.25, -0.2) is 0 Å². The molecule has 0 aromatic heterocycles. The van der Waals surface area contributed by atoms with Crippen molar-refractivity contribution in [3.05, 3.63) is 33.8 Å². The average Bonchev–Trinajstić information content (AvgIpc) is 2.24. The van der Waals surface area contributed by atoms with Gasteiger partial charge in [-0.1, -0.05) is 36.2 Å². The highest BCUT2D eigenvalue weighted by molar-refractivity contribution is 6.42. The van der Waals surface area contributed by atoms with E-state index in [0.717, 1.165) is 12.1 Å². The molecule has 1 unspecified atom stereocenters. The third-order valence-corrected chi connectivity index (χ3v) is 3.27. The maximum atomic E-state index is 9.38. The van der Waals surface area contributed by atoms with Gasteiger partial charge in [0.15, 0.2) is 0 Å². The SMILES string of the molecule is CCNC(C)(CO)Cc1ccc(Cl)c(Cl)c1. The molecule has 4 heteroatoms. The summed E-state index contributed by atoms with van der Waals surface area (Å²) in [5.41, 5.74) is 0.748. The van der Waals surface area contributed by atoms with Crippen LogP contribution in [0.3, 0.4) is 0 Å². The van der Waals surface area contributed by atoms with E-state index in [4.69, 9.17) is 23.2 Å².